The van der Waals surface area contributed by atoms with E-state index in [1.54, 1.807) is 0 Å². The molecule has 1 fully saturated rings. The van der Waals surface area contributed by atoms with Crippen molar-refractivity contribution in [3.05, 3.63) is 0 Å². The third-order valence-corrected chi connectivity index (χ3v) is 2.97. The molecule has 0 aromatic carbocycles. The van der Waals surface area contributed by atoms with E-state index in [4.69, 9.17) is 0 Å². The standard InChI is InChI=1S/C13H25N3O2/c1-10(2)16-12(17)6-8-15-13(18)9-11-5-3-4-7-14-11/h10-11,14H,3-9H2,1-2H3,(H,15,18)(H,16,17). The zero-order valence-corrected chi connectivity index (χ0v) is 11.4. The average molecular weight is 255 g/mol. The van der Waals surface area contributed by atoms with E-state index in [1.807, 2.05) is 13.8 Å². The Morgan fingerprint density at radius 3 is 2.67 bits per heavy atom. The molecule has 1 aliphatic heterocycles. The molecule has 0 aromatic rings. The van der Waals surface area contributed by atoms with Crippen molar-refractivity contribution < 1.29 is 9.59 Å². The van der Waals surface area contributed by atoms with Crippen LogP contribution < -0.4 is 16.0 Å². The van der Waals surface area contributed by atoms with Gasteiger partial charge < -0.3 is 16.0 Å². The van der Waals surface area contributed by atoms with Crippen LogP contribution in [0.5, 0.6) is 0 Å². The smallest absolute Gasteiger partial charge is 0.221 e. The molecule has 2 amide bonds. The maximum absolute atomic E-state index is 11.6. The van der Waals surface area contributed by atoms with E-state index < -0.39 is 0 Å². The summed E-state index contributed by atoms with van der Waals surface area (Å²) in [5.74, 6) is 0.0211. The highest BCUT2D eigenvalue weighted by molar-refractivity contribution is 5.79. The fourth-order valence-electron chi connectivity index (χ4n) is 2.10. The minimum Gasteiger partial charge on any atom is -0.356 e. The van der Waals surface area contributed by atoms with Gasteiger partial charge in [0, 0.05) is 31.5 Å². The molecule has 1 aliphatic rings. The van der Waals surface area contributed by atoms with Gasteiger partial charge >= 0.3 is 0 Å². The molecule has 5 nitrogen and oxygen atoms in total. The zero-order chi connectivity index (χ0) is 13.4. The monoisotopic (exact) mass is 255 g/mol. The lowest BCUT2D eigenvalue weighted by Crippen LogP contribution is -2.39. The molecule has 1 unspecified atom stereocenters. The molecule has 5 heteroatoms. The van der Waals surface area contributed by atoms with Crippen molar-refractivity contribution in [2.75, 3.05) is 13.1 Å². The second-order valence-electron chi connectivity index (χ2n) is 5.17. The highest BCUT2D eigenvalue weighted by Gasteiger charge is 2.16. The van der Waals surface area contributed by atoms with Crippen LogP contribution in [0.3, 0.4) is 0 Å². The van der Waals surface area contributed by atoms with Crippen LogP contribution in [0.15, 0.2) is 0 Å². The summed E-state index contributed by atoms with van der Waals surface area (Å²) < 4.78 is 0. The highest BCUT2D eigenvalue weighted by atomic mass is 16.2. The van der Waals surface area contributed by atoms with Crippen molar-refractivity contribution in [2.45, 2.75) is 58.0 Å². The third kappa shape index (κ3) is 6.59. The summed E-state index contributed by atoms with van der Waals surface area (Å²) in [5.41, 5.74) is 0. The summed E-state index contributed by atoms with van der Waals surface area (Å²) in [5, 5.41) is 8.92. The minimum atomic E-state index is -0.0129. The fraction of sp³-hybridized carbons (Fsp3) is 0.846. The summed E-state index contributed by atoms with van der Waals surface area (Å²) in [6.45, 7) is 5.27. The molecule has 3 N–H and O–H groups in total. The SMILES string of the molecule is CC(C)NC(=O)CCNC(=O)CC1CCCCN1. The Kier molecular flexibility index (Phi) is 6.72. The first-order chi connectivity index (χ1) is 8.58. The van der Waals surface area contributed by atoms with Gasteiger partial charge in [-0.1, -0.05) is 6.42 Å². The van der Waals surface area contributed by atoms with Crippen LogP contribution in [0.2, 0.25) is 0 Å². The number of amides is 2. The largest absolute Gasteiger partial charge is 0.356 e. The molecule has 1 rings (SSSR count). The van der Waals surface area contributed by atoms with E-state index in [0.29, 0.717) is 25.4 Å². The van der Waals surface area contributed by atoms with Gasteiger partial charge in [0.2, 0.25) is 11.8 Å². The first-order valence-electron chi connectivity index (χ1n) is 6.87. The van der Waals surface area contributed by atoms with Crippen LogP contribution in [0.25, 0.3) is 0 Å². The predicted molar refractivity (Wildman–Crippen MR) is 71.2 cm³/mol. The Bertz CT molecular complexity index is 273. The Labute approximate surface area is 109 Å². The van der Waals surface area contributed by atoms with Crippen LogP contribution in [0.4, 0.5) is 0 Å². The van der Waals surface area contributed by atoms with Crippen molar-refractivity contribution in [1.82, 2.24) is 16.0 Å². The van der Waals surface area contributed by atoms with Crippen LogP contribution in [0.1, 0.15) is 46.0 Å². The van der Waals surface area contributed by atoms with Crippen molar-refractivity contribution >= 4 is 11.8 Å². The number of rotatable bonds is 6. The maximum atomic E-state index is 11.6. The lowest BCUT2D eigenvalue weighted by Gasteiger charge is -2.22. The van der Waals surface area contributed by atoms with Crippen molar-refractivity contribution in [3.63, 3.8) is 0 Å². The summed E-state index contributed by atoms with van der Waals surface area (Å²) in [6, 6.07) is 0.461. The van der Waals surface area contributed by atoms with E-state index in [1.165, 1.54) is 12.8 Å². The Balaban J connectivity index is 2.07. The van der Waals surface area contributed by atoms with Gasteiger partial charge in [0.25, 0.3) is 0 Å². The molecule has 18 heavy (non-hydrogen) atoms. The Morgan fingerprint density at radius 2 is 2.06 bits per heavy atom. The molecule has 0 spiro atoms. The predicted octanol–water partition coefficient (Wildman–Crippen LogP) is 0.550. The molecule has 0 radical (unpaired) electrons. The van der Waals surface area contributed by atoms with Crippen LogP contribution in [-0.4, -0.2) is 37.0 Å². The van der Waals surface area contributed by atoms with Gasteiger partial charge in [-0.3, -0.25) is 9.59 Å². The second kappa shape index (κ2) is 8.08. The average Bonchev–Trinajstić information content (AvgIpc) is 2.29. The lowest BCUT2D eigenvalue weighted by atomic mass is 10.0. The summed E-state index contributed by atoms with van der Waals surface area (Å²) in [7, 11) is 0. The van der Waals surface area contributed by atoms with Crippen molar-refractivity contribution in [1.29, 1.82) is 0 Å². The van der Waals surface area contributed by atoms with Gasteiger partial charge in [-0.25, -0.2) is 0 Å². The first-order valence-corrected chi connectivity index (χ1v) is 6.87. The van der Waals surface area contributed by atoms with Gasteiger partial charge in [-0.05, 0) is 33.2 Å². The number of piperidine rings is 1. The van der Waals surface area contributed by atoms with Crippen molar-refractivity contribution in [2.24, 2.45) is 0 Å². The van der Waals surface area contributed by atoms with Crippen LogP contribution in [0, 0.1) is 0 Å². The summed E-state index contributed by atoms with van der Waals surface area (Å²) in [4.78, 5) is 23.0. The van der Waals surface area contributed by atoms with Gasteiger partial charge in [0.1, 0.15) is 0 Å². The second-order valence-corrected chi connectivity index (χ2v) is 5.17. The zero-order valence-electron chi connectivity index (χ0n) is 11.4. The highest BCUT2D eigenvalue weighted by Crippen LogP contribution is 2.09. The topological polar surface area (TPSA) is 70.2 Å². The molecular weight excluding hydrogens is 230 g/mol. The summed E-state index contributed by atoms with van der Waals surface area (Å²) in [6.07, 6.45) is 4.34. The number of nitrogens with one attached hydrogen (secondary N) is 3. The van der Waals surface area contributed by atoms with Gasteiger partial charge in [-0.2, -0.15) is 0 Å². The molecule has 104 valence electrons. The van der Waals surface area contributed by atoms with Crippen LogP contribution >= 0.6 is 0 Å². The Hall–Kier alpha value is -1.10. The van der Waals surface area contributed by atoms with E-state index in [0.717, 1.165) is 13.0 Å². The number of hydrogen-bond donors (Lipinski definition) is 3. The molecule has 0 bridgehead atoms. The lowest BCUT2D eigenvalue weighted by molar-refractivity contribution is -0.122. The normalized spacial score (nSPS) is 19.6. The van der Waals surface area contributed by atoms with Crippen molar-refractivity contribution in [3.8, 4) is 0 Å². The van der Waals surface area contributed by atoms with E-state index in [2.05, 4.69) is 16.0 Å². The molecule has 1 atom stereocenters. The van der Waals surface area contributed by atoms with Gasteiger partial charge in [0.15, 0.2) is 0 Å². The molecule has 1 heterocycles. The van der Waals surface area contributed by atoms with Gasteiger partial charge in [0.05, 0.1) is 0 Å². The van der Waals surface area contributed by atoms with E-state index in [9.17, 15) is 9.59 Å². The molecular formula is C13H25N3O2. The fourth-order valence-corrected chi connectivity index (χ4v) is 2.10. The number of carbonyl (C=O) groups is 2. The van der Waals surface area contributed by atoms with Crippen LogP contribution in [-0.2, 0) is 9.59 Å². The maximum Gasteiger partial charge on any atom is 0.221 e. The molecule has 0 saturated carbocycles. The Morgan fingerprint density at radius 1 is 1.28 bits per heavy atom. The minimum absolute atomic E-state index is 0.0129. The molecule has 0 aliphatic carbocycles. The number of hydrogen-bond acceptors (Lipinski definition) is 3. The first kappa shape index (κ1) is 15.0. The van der Waals surface area contributed by atoms with Gasteiger partial charge in [-0.15, -0.1) is 0 Å². The molecule has 1 saturated heterocycles. The van der Waals surface area contributed by atoms with E-state index in [-0.39, 0.29) is 17.9 Å². The number of carbonyl (C=O) groups excluding carboxylic acids is 2. The summed E-state index contributed by atoms with van der Waals surface area (Å²) >= 11 is 0. The van der Waals surface area contributed by atoms with E-state index >= 15 is 0 Å². The molecule has 0 aromatic heterocycles. The third-order valence-electron chi connectivity index (χ3n) is 2.97. The quantitative estimate of drug-likeness (QED) is 0.649.